The van der Waals surface area contributed by atoms with Crippen molar-refractivity contribution in [1.29, 1.82) is 0 Å². The van der Waals surface area contributed by atoms with Crippen LogP contribution in [0.15, 0.2) is 42.5 Å². The Bertz CT molecular complexity index is 819. The molecule has 3 N–H and O–H groups in total. The average Bonchev–Trinajstić information content (AvgIpc) is 2.68. The van der Waals surface area contributed by atoms with Crippen molar-refractivity contribution in [1.82, 2.24) is 0 Å². The Morgan fingerprint density at radius 3 is 2.43 bits per heavy atom. The van der Waals surface area contributed by atoms with Gasteiger partial charge in [-0.3, -0.25) is 14.9 Å². The van der Waals surface area contributed by atoms with Gasteiger partial charge in [-0.1, -0.05) is 45.0 Å². The van der Waals surface area contributed by atoms with Gasteiger partial charge < -0.3 is 15.4 Å². The lowest BCUT2D eigenvalue weighted by Crippen LogP contribution is -2.88. The number of carbonyl (C=O) groups excluding carboxylic acids is 1. The number of anilines is 1. The predicted molar refractivity (Wildman–Crippen MR) is 108 cm³/mol. The van der Waals surface area contributed by atoms with Gasteiger partial charge in [-0.2, -0.15) is 0 Å². The summed E-state index contributed by atoms with van der Waals surface area (Å²) in [5.74, 6) is 0.409. The summed E-state index contributed by atoms with van der Waals surface area (Å²) in [7, 11) is 1.44. The minimum absolute atomic E-state index is 0.127. The number of hydrogen-bond donors (Lipinski definition) is 2. The molecular weight excluding hydrogens is 358 g/mol. The molecule has 0 bridgehead atoms. The molecule has 150 valence electrons. The second-order valence-corrected chi connectivity index (χ2v) is 6.99. The van der Waals surface area contributed by atoms with Crippen LogP contribution in [-0.2, 0) is 11.2 Å². The fraction of sp³-hybridized carbons (Fsp3) is 0.381. The molecule has 0 aromatic heterocycles. The number of quaternary nitrogens is 1. The molecular formula is C21H28N3O4+. The Labute approximate surface area is 165 Å². The van der Waals surface area contributed by atoms with Crippen LogP contribution >= 0.6 is 0 Å². The van der Waals surface area contributed by atoms with Crippen LogP contribution in [0, 0.1) is 16.0 Å². The molecule has 0 aliphatic rings. The van der Waals surface area contributed by atoms with Gasteiger partial charge in [0, 0.05) is 11.5 Å². The highest BCUT2D eigenvalue weighted by molar-refractivity contribution is 5.93. The number of nitro benzene ring substituents is 1. The summed E-state index contributed by atoms with van der Waals surface area (Å²) in [6, 6.07) is 12.9. The third-order valence-electron chi connectivity index (χ3n) is 4.72. The number of amides is 1. The first-order valence-corrected chi connectivity index (χ1v) is 9.40. The largest absolute Gasteiger partial charge is 0.496 e. The highest BCUT2D eigenvalue weighted by Crippen LogP contribution is 2.28. The molecule has 0 aliphatic heterocycles. The van der Waals surface area contributed by atoms with Crippen LogP contribution in [0.2, 0.25) is 0 Å². The first-order valence-electron chi connectivity index (χ1n) is 9.40. The summed E-state index contributed by atoms with van der Waals surface area (Å²) < 4.78 is 5.01. The van der Waals surface area contributed by atoms with Crippen molar-refractivity contribution >= 4 is 17.3 Å². The molecule has 0 radical (unpaired) electrons. The summed E-state index contributed by atoms with van der Waals surface area (Å²) in [6.07, 6.45) is 0.986. The molecule has 0 spiro atoms. The third kappa shape index (κ3) is 5.53. The van der Waals surface area contributed by atoms with E-state index in [1.165, 1.54) is 24.8 Å². The first kappa shape index (κ1) is 21.4. The topological polar surface area (TPSA) is 98.1 Å². The number of methoxy groups -OCH3 is 1. The fourth-order valence-corrected chi connectivity index (χ4v) is 3.10. The van der Waals surface area contributed by atoms with Crippen LogP contribution in [0.4, 0.5) is 11.4 Å². The zero-order valence-corrected chi connectivity index (χ0v) is 16.8. The molecule has 1 atom stereocenters. The number of aryl methyl sites for hydroxylation is 1. The summed E-state index contributed by atoms with van der Waals surface area (Å²) in [4.78, 5) is 23.1. The van der Waals surface area contributed by atoms with Crippen LogP contribution in [0.5, 0.6) is 5.75 Å². The van der Waals surface area contributed by atoms with Crippen molar-refractivity contribution in [2.24, 2.45) is 5.92 Å². The third-order valence-corrected chi connectivity index (χ3v) is 4.72. The molecule has 0 saturated carbocycles. The lowest BCUT2D eigenvalue weighted by atomic mass is 9.95. The van der Waals surface area contributed by atoms with E-state index in [2.05, 4.69) is 50.4 Å². The predicted octanol–water partition coefficient (Wildman–Crippen LogP) is 3.07. The molecule has 0 aliphatic carbocycles. The monoisotopic (exact) mass is 386 g/mol. The average molecular weight is 386 g/mol. The van der Waals surface area contributed by atoms with E-state index in [-0.39, 0.29) is 29.9 Å². The standard InChI is InChI=1S/C21H27N3O4/c1-5-15-6-8-16(9-7-15)21(14(2)3)22-13-20(25)23-18-11-10-17(28-4)12-19(18)24(26)27/h6-12,14,21-22H,5,13H2,1-4H3,(H,23,25)/p+1/t21-/m1/s1. The SMILES string of the molecule is CCc1ccc([C@H]([NH2+]CC(=O)Nc2ccc(OC)cc2[N+](=O)[O-])C(C)C)cc1. The summed E-state index contributed by atoms with van der Waals surface area (Å²) >= 11 is 0. The van der Waals surface area contributed by atoms with Crippen LogP contribution < -0.4 is 15.4 Å². The highest BCUT2D eigenvalue weighted by atomic mass is 16.6. The van der Waals surface area contributed by atoms with E-state index in [0.717, 1.165) is 12.0 Å². The maximum absolute atomic E-state index is 12.4. The van der Waals surface area contributed by atoms with E-state index in [4.69, 9.17) is 4.74 Å². The Hall–Kier alpha value is -2.93. The minimum atomic E-state index is -0.534. The molecule has 0 saturated heterocycles. The number of carbonyl (C=O) groups is 1. The smallest absolute Gasteiger partial charge is 0.296 e. The van der Waals surface area contributed by atoms with Crippen LogP contribution in [0.1, 0.15) is 37.9 Å². The van der Waals surface area contributed by atoms with Crippen molar-refractivity contribution in [3.63, 3.8) is 0 Å². The van der Waals surface area contributed by atoms with Crippen molar-refractivity contribution in [3.05, 3.63) is 63.7 Å². The van der Waals surface area contributed by atoms with Gasteiger partial charge in [0.15, 0.2) is 6.54 Å². The molecule has 0 unspecified atom stereocenters. The van der Waals surface area contributed by atoms with E-state index in [1.807, 2.05) is 5.32 Å². The van der Waals surface area contributed by atoms with Gasteiger partial charge in [0.25, 0.3) is 11.6 Å². The number of ether oxygens (including phenoxy) is 1. The van der Waals surface area contributed by atoms with Crippen molar-refractivity contribution < 1.29 is 19.8 Å². The van der Waals surface area contributed by atoms with E-state index in [1.54, 1.807) is 6.07 Å². The number of benzene rings is 2. The normalized spacial score (nSPS) is 11.9. The Kier molecular flexibility index (Phi) is 7.52. The van der Waals surface area contributed by atoms with Gasteiger partial charge in [-0.15, -0.1) is 0 Å². The van der Waals surface area contributed by atoms with Crippen molar-refractivity contribution in [2.75, 3.05) is 19.0 Å². The van der Waals surface area contributed by atoms with Crippen LogP contribution in [-0.4, -0.2) is 24.5 Å². The van der Waals surface area contributed by atoms with E-state index in [0.29, 0.717) is 11.7 Å². The lowest BCUT2D eigenvalue weighted by molar-refractivity contribution is -0.692. The van der Waals surface area contributed by atoms with Gasteiger partial charge in [0.1, 0.15) is 17.5 Å². The van der Waals surface area contributed by atoms with Crippen LogP contribution in [0.3, 0.4) is 0 Å². The Morgan fingerprint density at radius 1 is 1.21 bits per heavy atom. The lowest BCUT2D eigenvalue weighted by Gasteiger charge is -2.20. The number of hydrogen-bond acceptors (Lipinski definition) is 4. The van der Waals surface area contributed by atoms with Gasteiger partial charge >= 0.3 is 0 Å². The zero-order valence-electron chi connectivity index (χ0n) is 16.8. The maximum Gasteiger partial charge on any atom is 0.296 e. The molecule has 0 fully saturated rings. The maximum atomic E-state index is 12.4. The van der Waals surface area contributed by atoms with E-state index < -0.39 is 4.92 Å². The highest BCUT2D eigenvalue weighted by Gasteiger charge is 2.22. The minimum Gasteiger partial charge on any atom is -0.496 e. The van der Waals surface area contributed by atoms with Gasteiger partial charge in [-0.05, 0) is 24.1 Å². The summed E-state index contributed by atoms with van der Waals surface area (Å²) in [5.41, 5.74) is 2.41. The second kappa shape index (κ2) is 9.85. The number of rotatable bonds is 9. The number of nitrogens with two attached hydrogens (primary N) is 1. The number of nitrogens with zero attached hydrogens (tertiary/aromatic N) is 1. The molecule has 7 heteroatoms. The molecule has 2 aromatic carbocycles. The molecule has 1 amide bonds. The first-order chi connectivity index (χ1) is 13.3. The zero-order chi connectivity index (χ0) is 20.7. The fourth-order valence-electron chi connectivity index (χ4n) is 3.10. The molecule has 28 heavy (non-hydrogen) atoms. The number of nitro groups is 1. The van der Waals surface area contributed by atoms with Gasteiger partial charge in [0.2, 0.25) is 0 Å². The molecule has 0 heterocycles. The summed E-state index contributed by atoms with van der Waals surface area (Å²) in [6.45, 7) is 6.51. The molecule has 2 aromatic rings. The number of nitrogens with one attached hydrogen (secondary N) is 1. The summed E-state index contributed by atoms with van der Waals surface area (Å²) in [5, 5.41) is 15.9. The van der Waals surface area contributed by atoms with Gasteiger partial charge in [0.05, 0.1) is 18.1 Å². The molecule has 7 nitrogen and oxygen atoms in total. The van der Waals surface area contributed by atoms with Crippen molar-refractivity contribution in [2.45, 2.75) is 33.2 Å². The quantitative estimate of drug-likeness (QED) is 0.511. The Morgan fingerprint density at radius 2 is 1.89 bits per heavy atom. The van der Waals surface area contributed by atoms with Crippen LogP contribution in [0.25, 0.3) is 0 Å². The van der Waals surface area contributed by atoms with Crippen molar-refractivity contribution in [3.8, 4) is 5.75 Å². The van der Waals surface area contributed by atoms with E-state index >= 15 is 0 Å². The van der Waals surface area contributed by atoms with Gasteiger partial charge in [-0.25, -0.2) is 0 Å². The molecule has 2 rings (SSSR count). The Balaban J connectivity index is 2.06. The van der Waals surface area contributed by atoms with E-state index in [9.17, 15) is 14.9 Å². The second-order valence-electron chi connectivity index (χ2n) is 6.99.